The fraction of sp³-hybridized carbons (Fsp3) is 0.706. The van der Waals surface area contributed by atoms with Gasteiger partial charge in [-0.3, -0.25) is 9.48 Å². The molecule has 1 aromatic heterocycles. The van der Waals surface area contributed by atoms with E-state index in [0.29, 0.717) is 52.2 Å². The summed E-state index contributed by atoms with van der Waals surface area (Å²) in [5.74, 6) is 0.0188. The van der Waals surface area contributed by atoms with Crippen LogP contribution in [-0.2, 0) is 22.3 Å². The molecule has 11 heteroatoms. The molecule has 1 spiro atoms. The minimum Gasteiger partial charge on any atom is -0.369 e. The zero-order valence-electron chi connectivity index (χ0n) is 15.2. The SMILES string of the molecule is O=C1COCC2(CN(C(=O)N3CCC(Cn4ccc(C(F)(F)F)n4)CC3)C2)N1. The quantitative estimate of drug-likeness (QED) is 0.800. The molecule has 0 aliphatic carbocycles. The van der Waals surface area contributed by atoms with Crippen molar-refractivity contribution < 1.29 is 27.5 Å². The smallest absolute Gasteiger partial charge is 0.369 e. The number of piperidine rings is 1. The van der Waals surface area contributed by atoms with E-state index in [4.69, 9.17) is 4.74 Å². The molecule has 3 aliphatic heterocycles. The highest BCUT2D eigenvalue weighted by Crippen LogP contribution is 2.29. The summed E-state index contributed by atoms with van der Waals surface area (Å²) >= 11 is 0. The van der Waals surface area contributed by atoms with Gasteiger partial charge in [0.15, 0.2) is 5.69 Å². The van der Waals surface area contributed by atoms with Crippen molar-refractivity contribution in [1.29, 1.82) is 0 Å². The molecule has 28 heavy (non-hydrogen) atoms. The third kappa shape index (κ3) is 3.80. The number of alkyl halides is 3. The van der Waals surface area contributed by atoms with Crippen LogP contribution in [-0.4, -0.2) is 76.5 Å². The standard InChI is InChI=1S/C17H22F3N5O3/c18-17(19,20)13-3-6-25(22-13)7-12-1-4-23(5-2-12)15(27)24-9-16(10-24)11-28-8-14(26)21-16/h3,6,12H,1-2,4-5,7-11H2,(H,21,26). The van der Waals surface area contributed by atoms with Crippen LogP contribution in [0.3, 0.4) is 0 Å². The van der Waals surface area contributed by atoms with Crippen molar-refractivity contribution in [3.63, 3.8) is 0 Å². The number of amides is 3. The van der Waals surface area contributed by atoms with Crippen LogP contribution in [0.2, 0.25) is 0 Å². The van der Waals surface area contributed by atoms with Crippen LogP contribution in [0.15, 0.2) is 12.3 Å². The summed E-state index contributed by atoms with van der Waals surface area (Å²) < 4.78 is 44.5. The second-order valence-electron chi connectivity index (χ2n) is 7.81. The van der Waals surface area contributed by atoms with Crippen LogP contribution in [0.4, 0.5) is 18.0 Å². The Morgan fingerprint density at radius 2 is 2.00 bits per heavy atom. The first-order chi connectivity index (χ1) is 13.2. The molecule has 0 atom stereocenters. The monoisotopic (exact) mass is 401 g/mol. The number of hydrogen-bond acceptors (Lipinski definition) is 4. The molecule has 0 radical (unpaired) electrons. The van der Waals surface area contributed by atoms with E-state index >= 15 is 0 Å². The van der Waals surface area contributed by atoms with Crippen molar-refractivity contribution in [3.8, 4) is 0 Å². The van der Waals surface area contributed by atoms with Gasteiger partial charge in [-0.15, -0.1) is 0 Å². The molecule has 1 aromatic rings. The van der Waals surface area contributed by atoms with Crippen LogP contribution in [0, 0.1) is 5.92 Å². The number of ether oxygens (including phenoxy) is 1. The van der Waals surface area contributed by atoms with Gasteiger partial charge in [-0.2, -0.15) is 18.3 Å². The summed E-state index contributed by atoms with van der Waals surface area (Å²) in [5, 5.41) is 6.49. The van der Waals surface area contributed by atoms with Crippen molar-refractivity contribution in [3.05, 3.63) is 18.0 Å². The zero-order valence-corrected chi connectivity index (χ0v) is 15.2. The number of rotatable bonds is 2. The Kier molecular flexibility index (Phi) is 4.72. The van der Waals surface area contributed by atoms with Crippen molar-refractivity contribution >= 4 is 11.9 Å². The van der Waals surface area contributed by atoms with Gasteiger partial charge in [0.2, 0.25) is 5.91 Å². The number of urea groups is 1. The lowest BCUT2D eigenvalue weighted by atomic mass is 9.89. The highest BCUT2D eigenvalue weighted by atomic mass is 19.4. The van der Waals surface area contributed by atoms with E-state index in [0.717, 1.165) is 6.07 Å². The van der Waals surface area contributed by atoms with Crippen LogP contribution < -0.4 is 5.32 Å². The Labute approximate surface area is 159 Å². The fourth-order valence-corrected chi connectivity index (χ4v) is 4.08. The van der Waals surface area contributed by atoms with E-state index in [9.17, 15) is 22.8 Å². The molecule has 0 saturated carbocycles. The predicted octanol–water partition coefficient (Wildman–Crippen LogP) is 0.935. The average Bonchev–Trinajstić information content (AvgIpc) is 3.08. The van der Waals surface area contributed by atoms with Gasteiger partial charge in [0.25, 0.3) is 0 Å². The van der Waals surface area contributed by atoms with Crippen molar-refractivity contribution in [2.45, 2.75) is 31.1 Å². The summed E-state index contributed by atoms with van der Waals surface area (Å²) in [6.07, 6.45) is -1.66. The van der Waals surface area contributed by atoms with Crippen molar-refractivity contribution in [2.75, 3.05) is 39.4 Å². The van der Waals surface area contributed by atoms with E-state index in [1.807, 2.05) is 0 Å². The number of hydrogen-bond donors (Lipinski definition) is 1. The lowest BCUT2D eigenvalue weighted by Crippen LogP contribution is -2.76. The van der Waals surface area contributed by atoms with E-state index < -0.39 is 17.4 Å². The molecule has 3 fully saturated rings. The molecule has 4 heterocycles. The minimum atomic E-state index is -4.43. The Morgan fingerprint density at radius 3 is 2.61 bits per heavy atom. The Hall–Kier alpha value is -2.30. The first-order valence-corrected chi connectivity index (χ1v) is 9.27. The number of aromatic nitrogens is 2. The van der Waals surface area contributed by atoms with Crippen molar-refractivity contribution in [1.82, 2.24) is 24.9 Å². The highest BCUT2D eigenvalue weighted by molar-refractivity contribution is 5.81. The molecule has 0 aromatic carbocycles. The van der Waals surface area contributed by atoms with Gasteiger partial charge in [-0.1, -0.05) is 0 Å². The minimum absolute atomic E-state index is 0.0595. The molecule has 0 unspecified atom stereocenters. The summed E-state index contributed by atoms with van der Waals surface area (Å²) in [6, 6.07) is 0.911. The molecular weight excluding hydrogens is 379 g/mol. The molecule has 154 valence electrons. The van der Waals surface area contributed by atoms with Gasteiger partial charge in [0.05, 0.1) is 12.1 Å². The molecule has 3 saturated heterocycles. The zero-order chi connectivity index (χ0) is 19.9. The molecule has 8 nitrogen and oxygen atoms in total. The topological polar surface area (TPSA) is 79.7 Å². The lowest BCUT2D eigenvalue weighted by molar-refractivity contribution is -0.142. The van der Waals surface area contributed by atoms with Gasteiger partial charge in [0, 0.05) is 38.9 Å². The van der Waals surface area contributed by atoms with Crippen LogP contribution in [0.1, 0.15) is 18.5 Å². The Bertz CT molecular complexity index is 751. The maximum atomic E-state index is 12.6. The number of carbonyl (C=O) groups is 2. The molecule has 1 N–H and O–H groups in total. The second-order valence-corrected chi connectivity index (χ2v) is 7.81. The maximum absolute atomic E-state index is 12.6. The molecule has 4 rings (SSSR count). The van der Waals surface area contributed by atoms with E-state index in [1.165, 1.54) is 10.9 Å². The normalized spacial score (nSPS) is 22.9. The number of morpholine rings is 1. The number of halogens is 3. The van der Waals surface area contributed by atoms with Crippen molar-refractivity contribution in [2.24, 2.45) is 5.92 Å². The number of nitrogens with zero attached hydrogens (tertiary/aromatic N) is 4. The van der Waals surface area contributed by atoms with Gasteiger partial charge < -0.3 is 19.9 Å². The third-order valence-corrected chi connectivity index (χ3v) is 5.54. The predicted molar refractivity (Wildman–Crippen MR) is 90.2 cm³/mol. The molecule has 3 amide bonds. The van der Waals surface area contributed by atoms with Gasteiger partial charge >= 0.3 is 12.2 Å². The largest absolute Gasteiger partial charge is 0.435 e. The van der Waals surface area contributed by atoms with Gasteiger partial charge in [-0.25, -0.2) is 4.79 Å². The summed E-state index contributed by atoms with van der Waals surface area (Å²) in [4.78, 5) is 27.6. The molecule has 0 bridgehead atoms. The van der Waals surface area contributed by atoms with Crippen LogP contribution >= 0.6 is 0 Å². The average molecular weight is 401 g/mol. The van der Waals surface area contributed by atoms with Gasteiger partial charge in [-0.05, 0) is 24.8 Å². The number of carbonyl (C=O) groups excluding carboxylic acids is 2. The third-order valence-electron chi connectivity index (χ3n) is 5.54. The molecule has 3 aliphatic rings. The highest BCUT2D eigenvalue weighted by Gasteiger charge is 2.49. The van der Waals surface area contributed by atoms with E-state index in [-0.39, 0.29) is 24.5 Å². The first kappa shape index (κ1) is 19.0. The second kappa shape index (κ2) is 6.94. The first-order valence-electron chi connectivity index (χ1n) is 9.27. The fourth-order valence-electron chi connectivity index (χ4n) is 4.08. The van der Waals surface area contributed by atoms with E-state index in [2.05, 4.69) is 10.4 Å². The van der Waals surface area contributed by atoms with Crippen LogP contribution in [0.25, 0.3) is 0 Å². The lowest BCUT2D eigenvalue weighted by Gasteiger charge is -2.52. The van der Waals surface area contributed by atoms with Gasteiger partial charge in [0.1, 0.15) is 6.61 Å². The maximum Gasteiger partial charge on any atom is 0.435 e. The number of likely N-dealkylation sites (tertiary alicyclic amines) is 2. The summed E-state index contributed by atoms with van der Waals surface area (Å²) in [6.45, 7) is 2.87. The Morgan fingerprint density at radius 1 is 1.29 bits per heavy atom. The summed E-state index contributed by atoms with van der Waals surface area (Å²) in [7, 11) is 0. The summed E-state index contributed by atoms with van der Waals surface area (Å²) in [5.41, 5.74) is -1.34. The van der Waals surface area contributed by atoms with Crippen LogP contribution in [0.5, 0.6) is 0 Å². The Balaban J connectivity index is 1.24. The number of nitrogens with one attached hydrogen (secondary N) is 1. The molecular formula is C17H22F3N5O3. The van der Waals surface area contributed by atoms with E-state index in [1.54, 1.807) is 9.80 Å².